The van der Waals surface area contributed by atoms with Crippen molar-refractivity contribution >= 4 is 45.9 Å². The summed E-state index contributed by atoms with van der Waals surface area (Å²) in [5, 5.41) is 13.6. The lowest BCUT2D eigenvalue weighted by Gasteiger charge is -2.42. The molecule has 2 N–H and O–H groups in total. The highest BCUT2D eigenvalue weighted by Crippen LogP contribution is 2.43. The summed E-state index contributed by atoms with van der Waals surface area (Å²) in [4.78, 5) is 60.5. The number of imidazole rings is 1. The van der Waals surface area contributed by atoms with Crippen molar-refractivity contribution < 1.29 is 37.0 Å². The van der Waals surface area contributed by atoms with E-state index in [1.807, 2.05) is 24.3 Å². The quantitative estimate of drug-likeness (QED) is 0.174. The van der Waals surface area contributed by atoms with E-state index >= 15 is 4.39 Å². The number of ether oxygens (including phenoxy) is 2. The van der Waals surface area contributed by atoms with Gasteiger partial charge in [0, 0.05) is 52.0 Å². The van der Waals surface area contributed by atoms with Gasteiger partial charge in [-0.25, -0.2) is 27.5 Å². The summed E-state index contributed by atoms with van der Waals surface area (Å²) >= 11 is 0. The van der Waals surface area contributed by atoms with Gasteiger partial charge in [-0.1, -0.05) is 12.1 Å². The molecule has 344 valence electrons. The number of rotatable bonds is 11. The number of hydrogen-bond acceptors (Lipinski definition) is 11. The SMILES string of the molecule is Cn1c(=O)n(C2CCC(=O)NC2=O)c2cccc(C3CC(O[C@@H]4CCN(CC5CCC(n6cc(NC(=O)c7cnn8ccc(N9C[C@H]%10C[C@@H]9CO%10)nc78)c(C(F)F)n6)CC5)C[C@H]4F)C3)c21. The zero-order valence-corrected chi connectivity index (χ0v) is 36.0. The van der Waals surface area contributed by atoms with Crippen molar-refractivity contribution in [2.24, 2.45) is 13.0 Å². The topological polar surface area (TPSA) is 175 Å². The fourth-order valence-electron chi connectivity index (χ4n) is 11.3. The number of carbonyl (C=O) groups is 3. The Hall–Kier alpha value is -5.60. The Labute approximate surface area is 371 Å². The molecular weight excluding hydrogens is 848 g/mol. The summed E-state index contributed by atoms with van der Waals surface area (Å²) in [5.74, 6) is -0.238. The second kappa shape index (κ2) is 16.7. The Morgan fingerprint density at radius 1 is 1.03 bits per heavy atom. The molecule has 4 saturated heterocycles. The van der Waals surface area contributed by atoms with Gasteiger partial charge in [0.05, 0.1) is 59.9 Å². The highest BCUT2D eigenvalue weighted by Gasteiger charge is 2.41. The van der Waals surface area contributed by atoms with Crippen LogP contribution in [0.5, 0.6) is 0 Å². The monoisotopic (exact) mass is 899 g/mol. The van der Waals surface area contributed by atoms with E-state index in [2.05, 4.69) is 30.6 Å². The lowest BCUT2D eigenvalue weighted by atomic mass is 9.76. The molecule has 4 aromatic heterocycles. The second-order valence-electron chi connectivity index (χ2n) is 18.9. The van der Waals surface area contributed by atoms with Crippen molar-refractivity contribution in [2.45, 2.75) is 119 Å². The van der Waals surface area contributed by atoms with Crippen LogP contribution in [-0.4, -0.2) is 119 Å². The van der Waals surface area contributed by atoms with E-state index in [0.29, 0.717) is 55.3 Å². The number of likely N-dealkylation sites (tertiary alicyclic amines) is 1. The maximum absolute atomic E-state index is 15.7. The van der Waals surface area contributed by atoms with Gasteiger partial charge in [0.2, 0.25) is 11.8 Å². The number of carbonyl (C=O) groups excluding carboxylic acids is 3. The minimum Gasteiger partial charge on any atom is -0.374 e. The molecule has 2 saturated carbocycles. The van der Waals surface area contributed by atoms with Crippen LogP contribution in [0.3, 0.4) is 0 Å². The minimum absolute atomic E-state index is 0.0424. The molecule has 65 heavy (non-hydrogen) atoms. The number of nitrogens with one attached hydrogen (secondary N) is 2. The van der Waals surface area contributed by atoms with Crippen LogP contribution < -0.4 is 21.2 Å². The Kier molecular flexibility index (Phi) is 10.8. The third-order valence-electron chi connectivity index (χ3n) is 14.8. The first-order valence-corrected chi connectivity index (χ1v) is 22.9. The smallest absolute Gasteiger partial charge is 0.329 e. The van der Waals surface area contributed by atoms with E-state index in [-0.39, 0.29) is 72.4 Å². The molecule has 0 radical (unpaired) electrons. The van der Waals surface area contributed by atoms with Crippen LogP contribution in [0.4, 0.5) is 24.7 Å². The number of nitrogens with zero attached hydrogens (tertiary/aromatic N) is 9. The number of fused-ring (bicyclic) bond motifs is 4. The summed E-state index contributed by atoms with van der Waals surface area (Å²) in [6.45, 7) is 3.10. The Morgan fingerprint density at radius 2 is 1.86 bits per heavy atom. The van der Waals surface area contributed by atoms with Crippen molar-refractivity contribution in [3.05, 3.63) is 70.2 Å². The molecule has 2 aliphatic carbocycles. The van der Waals surface area contributed by atoms with E-state index < -0.39 is 42.3 Å². The van der Waals surface area contributed by atoms with Gasteiger partial charge in [-0.15, -0.1) is 0 Å². The van der Waals surface area contributed by atoms with Crippen LogP contribution in [0.15, 0.2) is 47.7 Å². The number of alkyl halides is 3. The van der Waals surface area contributed by atoms with Gasteiger partial charge < -0.3 is 19.7 Å². The predicted octanol–water partition coefficient (Wildman–Crippen LogP) is 4.83. The number of anilines is 2. The Morgan fingerprint density at radius 3 is 2.60 bits per heavy atom. The molecule has 5 aromatic rings. The van der Waals surface area contributed by atoms with Crippen LogP contribution >= 0.6 is 0 Å². The third-order valence-corrected chi connectivity index (χ3v) is 14.8. The highest BCUT2D eigenvalue weighted by atomic mass is 19.3. The average Bonchev–Trinajstić information content (AvgIpc) is 4.13. The average molecular weight is 900 g/mol. The maximum atomic E-state index is 15.7. The van der Waals surface area contributed by atoms with E-state index in [1.54, 1.807) is 22.5 Å². The maximum Gasteiger partial charge on any atom is 0.329 e. The van der Waals surface area contributed by atoms with Crippen molar-refractivity contribution in [1.82, 2.24) is 43.7 Å². The number of hydrogen-bond donors (Lipinski definition) is 2. The summed E-state index contributed by atoms with van der Waals surface area (Å²) in [6, 6.07) is 6.93. The molecule has 1 unspecified atom stereocenters. The zero-order valence-electron chi connectivity index (χ0n) is 36.0. The zero-order chi connectivity index (χ0) is 44.7. The molecule has 17 nitrogen and oxygen atoms in total. The Balaban J connectivity index is 0.663. The Bertz CT molecular complexity index is 2720. The van der Waals surface area contributed by atoms with Gasteiger partial charge in [0.15, 0.2) is 11.3 Å². The molecular formula is C45H52F3N11O6. The summed E-state index contributed by atoms with van der Waals surface area (Å²) in [6.07, 6.45) is 6.64. The van der Waals surface area contributed by atoms with E-state index in [0.717, 1.165) is 56.3 Å². The van der Waals surface area contributed by atoms with Crippen LogP contribution in [0, 0.1) is 5.92 Å². The van der Waals surface area contributed by atoms with E-state index in [4.69, 9.17) is 14.5 Å². The van der Waals surface area contributed by atoms with Crippen molar-refractivity contribution in [3.63, 3.8) is 0 Å². The first-order valence-electron chi connectivity index (χ1n) is 22.9. The molecule has 6 aliphatic rings. The van der Waals surface area contributed by atoms with Crippen molar-refractivity contribution in [3.8, 4) is 0 Å². The number of amides is 3. The normalized spacial score (nSPS) is 29.6. The fourth-order valence-corrected chi connectivity index (χ4v) is 11.3. The standard InChI is InChI=1S/C45H52F3N11O6/c1-54-40-30(3-2-4-34(40)59(45(54)63)35-9-10-38(60)52-44(35)62)25-15-28(16-25)65-36-11-13-55(21-32(36)46)19-24-5-7-26(8-6-24)58-22-33(39(53-58)41(47)48)50-43(61)31-18-49-57-14-12-37(51-42(31)57)56-20-29-17-27(56)23-64-29/h2-4,12,14,18,22,24-29,32,35-36,41H,5-11,13,15-17,19-21,23H2,1H3,(H,50,61)(H,52,60,62)/t24?,25?,26?,27-,28?,29-,32-,35?,36-/m1/s1. The van der Waals surface area contributed by atoms with E-state index in [1.165, 1.54) is 21.5 Å². The molecule has 1 aromatic carbocycles. The second-order valence-corrected chi connectivity index (χ2v) is 18.9. The van der Waals surface area contributed by atoms with Crippen LogP contribution in [0.1, 0.15) is 110 Å². The van der Waals surface area contributed by atoms with Crippen LogP contribution in [-0.2, 0) is 26.1 Å². The van der Waals surface area contributed by atoms with Crippen LogP contribution in [0.2, 0.25) is 0 Å². The number of halogens is 3. The lowest BCUT2D eigenvalue weighted by Crippen LogP contribution is -2.49. The van der Waals surface area contributed by atoms with Gasteiger partial charge in [-0.05, 0) is 87.3 Å². The molecule has 5 atom stereocenters. The summed E-state index contributed by atoms with van der Waals surface area (Å²) in [5.41, 5.74) is 2.09. The highest BCUT2D eigenvalue weighted by molar-refractivity contribution is 6.08. The summed E-state index contributed by atoms with van der Waals surface area (Å²) in [7, 11) is 1.70. The summed E-state index contributed by atoms with van der Waals surface area (Å²) < 4.78 is 62.6. The number of aromatic nitrogens is 7. The fraction of sp³-hybridized carbons (Fsp3) is 0.578. The van der Waals surface area contributed by atoms with Gasteiger partial charge in [0.25, 0.3) is 12.3 Å². The number of imide groups is 1. The number of piperidine rings is 2. The van der Waals surface area contributed by atoms with E-state index in [9.17, 15) is 28.0 Å². The number of para-hydroxylation sites is 1. The molecule has 11 rings (SSSR count). The molecule has 8 heterocycles. The number of morpholine rings is 1. The number of aryl methyl sites for hydroxylation is 1. The largest absolute Gasteiger partial charge is 0.374 e. The predicted molar refractivity (Wildman–Crippen MR) is 230 cm³/mol. The lowest BCUT2D eigenvalue weighted by molar-refractivity contribution is -0.135. The first kappa shape index (κ1) is 42.1. The number of benzene rings is 1. The van der Waals surface area contributed by atoms with Gasteiger partial charge in [-0.2, -0.15) is 10.2 Å². The van der Waals surface area contributed by atoms with Crippen molar-refractivity contribution in [2.75, 3.05) is 43.0 Å². The molecule has 2 bridgehead atoms. The molecule has 4 aliphatic heterocycles. The molecule has 6 fully saturated rings. The first-order chi connectivity index (χ1) is 31.4. The molecule has 20 heteroatoms. The van der Waals surface area contributed by atoms with Gasteiger partial charge in [0.1, 0.15) is 23.6 Å². The molecule has 0 spiro atoms. The van der Waals surface area contributed by atoms with Crippen LogP contribution in [0.25, 0.3) is 16.7 Å². The van der Waals surface area contributed by atoms with Gasteiger partial charge >= 0.3 is 5.69 Å². The van der Waals surface area contributed by atoms with Crippen molar-refractivity contribution in [1.29, 1.82) is 0 Å². The molecule has 3 amide bonds. The third kappa shape index (κ3) is 7.69. The van der Waals surface area contributed by atoms with Gasteiger partial charge in [-0.3, -0.25) is 38.4 Å². The minimum atomic E-state index is -2.89.